The molecule has 68 valence electrons. The zero-order valence-electron chi connectivity index (χ0n) is 5.99. The van der Waals surface area contributed by atoms with Crippen molar-refractivity contribution < 1.29 is 17.9 Å². The zero-order valence-corrected chi connectivity index (χ0v) is 7.58. The number of allylic oxidation sites excluding steroid dienone is 3. The molecule has 0 aromatic rings. The quantitative estimate of drug-likeness (QED) is 0.685. The number of hydrogen-bond donors (Lipinski definition) is 0. The van der Waals surface area contributed by atoms with E-state index < -0.39 is 6.36 Å². The highest BCUT2D eigenvalue weighted by atomic mass is 79.9. The van der Waals surface area contributed by atoms with Crippen LogP contribution in [0.4, 0.5) is 13.2 Å². The maximum atomic E-state index is 11.7. The molecule has 0 spiro atoms. The number of rotatable bonds is 1. The first kappa shape index (κ1) is 9.64. The van der Waals surface area contributed by atoms with Crippen molar-refractivity contribution in [2.45, 2.75) is 19.2 Å². The van der Waals surface area contributed by atoms with Gasteiger partial charge in [-0.3, -0.25) is 0 Å². The molecule has 0 fully saturated rings. The third kappa shape index (κ3) is 3.30. The normalized spacial score (nSPS) is 18.3. The van der Waals surface area contributed by atoms with E-state index in [1.54, 1.807) is 0 Å². The fourth-order valence-corrected chi connectivity index (χ4v) is 1.30. The standard InChI is InChI=1S/C7H6BrF3O/c8-5-2-1-3-6(4-5)12-7(9,10)11/h3-4H,1-2H2. The first-order valence-electron chi connectivity index (χ1n) is 3.29. The van der Waals surface area contributed by atoms with Gasteiger partial charge < -0.3 is 4.74 Å². The molecule has 0 saturated heterocycles. The average Bonchev–Trinajstić information content (AvgIpc) is 1.82. The maximum absolute atomic E-state index is 11.7. The smallest absolute Gasteiger partial charge is 0.406 e. The van der Waals surface area contributed by atoms with E-state index in [1.165, 1.54) is 12.2 Å². The van der Waals surface area contributed by atoms with E-state index in [2.05, 4.69) is 20.7 Å². The lowest BCUT2D eigenvalue weighted by atomic mass is 10.2. The minimum atomic E-state index is -4.59. The summed E-state index contributed by atoms with van der Waals surface area (Å²) in [5.74, 6) is -0.138. The summed E-state index contributed by atoms with van der Waals surface area (Å²) in [7, 11) is 0. The number of halogens is 4. The van der Waals surface area contributed by atoms with Crippen LogP contribution in [0.2, 0.25) is 0 Å². The van der Waals surface area contributed by atoms with Crippen molar-refractivity contribution in [3.8, 4) is 0 Å². The summed E-state index contributed by atoms with van der Waals surface area (Å²) in [6.07, 6.45) is -0.546. The average molecular weight is 243 g/mol. The predicted molar refractivity (Wildman–Crippen MR) is 41.5 cm³/mol. The second kappa shape index (κ2) is 3.51. The molecule has 5 heteroatoms. The molecule has 0 aliphatic heterocycles. The Morgan fingerprint density at radius 3 is 2.58 bits per heavy atom. The molecule has 0 amide bonds. The van der Waals surface area contributed by atoms with Crippen LogP contribution in [0.1, 0.15) is 12.8 Å². The maximum Gasteiger partial charge on any atom is 0.573 e. The predicted octanol–water partition coefficient (Wildman–Crippen LogP) is 3.48. The van der Waals surface area contributed by atoms with E-state index in [1.807, 2.05) is 0 Å². The van der Waals surface area contributed by atoms with E-state index in [-0.39, 0.29) is 5.76 Å². The lowest BCUT2D eigenvalue weighted by molar-refractivity contribution is -0.303. The lowest BCUT2D eigenvalue weighted by Crippen LogP contribution is -2.12. The van der Waals surface area contributed by atoms with E-state index in [4.69, 9.17) is 0 Å². The Hall–Kier alpha value is -0.450. The molecule has 0 N–H and O–H groups in total. The Kier molecular flexibility index (Phi) is 2.82. The van der Waals surface area contributed by atoms with Crippen LogP contribution >= 0.6 is 15.9 Å². The van der Waals surface area contributed by atoms with Gasteiger partial charge in [-0.25, -0.2) is 0 Å². The van der Waals surface area contributed by atoms with Gasteiger partial charge in [-0.1, -0.05) is 15.9 Å². The molecule has 0 saturated carbocycles. The first-order chi connectivity index (χ1) is 5.47. The van der Waals surface area contributed by atoms with Gasteiger partial charge in [0.05, 0.1) is 0 Å². The molecule has 12 heavy (non-hydrogen) atoms. The summed E-state index contributed by atoms with van der Waals surface area (Å²) in [4.78, 5) is 0. The molecule has 1 nitrogen and oxygen atoms in total. The highest BCUT2D eigenvalue weighted by Gasteiger charge is 2.31. The number of hydrogen-bond acceptors (Lipinski definition) is 1. The van der Waals surface area contributed by atoms with Crippen LogP contribution in [-0.4, -0.2) is 6.36 Å². The molecule has 0 atom stereocenters. The van der Waals surface area contributed by atoms with E-state index in [0.717, 1.165) is 10.9 Å². The molecular formula is C7H6BrF3O. The Balaban J connectivity index is 2.59. The molecule has 0 unspecified atom stereocenters. The topological polar surface area (TPSA) is 9.23 Å². The minimum Gasteiger partial charge on any atom is -0.406 e. The van der Waals surface area contributed by atoms with Crippen LogP contribution in [0, 0.1) is 0 Å². The number of alkyl halides is 3. The van der Waals surface area contributed by atoms with Crippen LogP contribution in [-0.2, 0) is 4.74 Å². The zero-order chi connectivity index (χ0) is 9.19. The van der Waals surface area contributed by atoms with Crippen LogP contribution < -0.4 is 0 Å². The Labute approximate surface area is 76.0 Å². The van der Waals surface area contributed by atoms with E-state index in [0.29, 0.717) is 6.42 Å². The molecule has 0 bridgehead atoms. The van der Waals surface area contributed by atoms with Gasteiger partial charge in [0, 0.05) is 0 Å². The molecule has 1 aliphatic rings. The molecule has 0 radical (unpaired) electrons. The third-order valence-corrected chi connectivity index (χ3v) is 1.89. The fourth-order valence-electron chi connectivity index (χ4n) is 0.843. The van der Waals surface area contributed by atoms with Crippen LogP contribution in [0.3, 0.4) is 0 Å². The van der Waals surface area contributed by atoms with Crippen molar-refractivity contribution in [2.75, 3.05) is 0 Å². The summed E-state index contributed by atoms with van der Waals surface area (Å²) in [6, 6.07) is 0. The van der Waals surface area contributed by atoms with Gasteiger partial charge in [0.1, 0.15) is 5.76 Å². The van der Waals surface area contributed by atoms with E-state index in [9.17, 15) is 13.2 Å². The van der Waals surface area contributed by atoms with Gasteiger partial charge in [-0.2, -0.15) is 0 Å². The van der Waals surface area contributed by atoms with Gasteiger partial charge in [0.2, 0.25) is 0 Å². The molecule has 1 rings (SSSR count). The van der Waals surface area contributed by atoms with Gasteiger partial charge >= 0.3 is 6.36 Å². The van der Waals surface area contributed by atoms with Crippen LogP contribution in [0.5, 0.6) is 0 Å². The minimum absolute atomic E-state index is 0.138. The van der Waals surface area contributed by atoms with Gasteiger partial charge in [-0.05, 0) is 29.5 Å². The summed E-state index contributed by atoms with van der Waals surface area (Å²) < 4.78 is 39.4. The van der Waals surface area contributed by atoms with Crippen molar-refractivity contribution in [3.05, 3.63) is 22.4 Å². The largest absolute Gasteiger partial charge is 0.573 e. The van der Waals surface area contributed by atoms with Crippen molar-refractivity contribution in [3.63, 3.8) is 0 Å². The van der Waals surface area contributed by atoms with Crippen LogP contribution in [0.25, 0.3) is 0 Å². The fraction of sp³-hybridized carbons (Fsp3) is 0.429. The second-order valence-electron chi connectivity index (χ2n) is 2.28. The lowest BCUT2D eigenvalue weighted by Gasteiger charge is -2.12. The molecule has 0 aromatic carbocycles. The summed E-state index contributed by atoms with van der Waals surface area (Å²) in [6.45, 7) is 0. The van der Waals surface area contributed by atoms with Gasteiger partial charge in [0.15, 0.2) is 0 Å². The van der Waals surface area contributed by atoms with Gasteiger partial charge in [0.25, 0.3) is 0 Å². The van der Waals surface area contributed by atoms with Crippen molar-refractivity contribution >= 4 is 15.9 Å². The second-order valence-corrected chi connectivity index (χ2v) is 3.30. The SMILES string of the molecule is FC(F)(F)OC1=CCCC(Br)=C1. The molecule has 0 aromatic heterocycles. The van der Waals surface area contributed by atoms with Crippen molar-refractivity contribution in [2.24, 2.45) is 0 Å². The summed E-state index contributed by atoms with van der Waals surface area (Å²) >= 11 is 3.11. The molecule has 0 heterocycles. The highest BCUT2D eigenvalue weighted by Crippen LogP contribution is 2.27. The monoisotopic (exact) mass is 242 g/mol. The summed E-state index contributed by atoms with van der Waals surface area (Å²) in [5, 5.41) is 0. The van der Waals surface area contributed by atoms with Crippen LogP contribution in [0.15, 0.2) is 22.4 Å². The van der Waals surface area contributed by atoms with Crippen molar-refractivity contribution in [1.82, 2.24) is 0 Å². The molecule has 1 aliphatic carbocycles. The Morgan fingerprint density at radius 2 is 2.08 bits per heavy atom. The summed E-state index contributed by atoms with van der Waals surface area (Å²) in [5.41, 5.74) is 0. The Morgan fingerprint density at radius 1 is 1.42 bits per heavy atom. The molecular weight excluding hydrogens is 237 g/mol. The number of ether oxygens (including phenoxy) is 1. The van der Waals surface area contributed by atoms with Crippen molar-refractivity contribution in [1.29, 1.82) is 0 Å². The Bertz CT molecular complexity index is 229. The van der Waals surface area contributed by atoms with E-state index >= 15 is 0 Å². The first-order valence-corrected chi connectivity index (χ1v) is 4.09. The highest BCUT2D eigenvalue weighted by molar-refractivity contribution is 9.11. The third-order valence-electron chi connectivity index (χ3n) is 1.26. The van der Waals surface area contributed by atoms with Gasteiger partial charge in [-0.15, -0.1) is 13.2 Å².